The van der Waals surface area contributed by atoms with Gasteiger partial charge in [-0.2, -0.15) is 0 Å². The van der Waals surface area contributed by atoms with Crippen LogP contribution in [-0.4, -0.2) is 34.6 Å². The van der Waals surface area contributed by atoms with Gasteiger partial charge >= 0.3 is 5.97 Å². The molecule has 0 aromatic carbocycles. The van der Waals surface area contributed by atoms with Crippen molar-refractivity contribution in [3.8, 4) is 0 Å². The fourth-order valence-electron chi connectivity index (χ4n) is 2.18. The number of carbonyl (C=O) groups is 1. The van der Waals surface area contributed by atoms with Gasteiger partial charge in [-0.05, 0) is 47.6 Å². The van der Waals surface area contributed by atoms with Crippen LogP contribution in [0.25, 0.3) is 0 Å². The highest BCUT2D eigenvalue weighted by atomic mass is 127. The zero-order valence-electron chi connectivity index (χ0n) is 17.7. The van der Waals surface area contributed by atoms with Gasteiger partial charge in [-0.1, -0.05) is 68.0 Å². The normalized spacial score (nSPS) is 16.5. The van der Waals surface area contributed by atoms with E-state index in [0.29, 0.717) is 6.42 Å². The molecule has 0 aromatic rings. The molecule has 0 aliphatic heterocycles. The standard InChI is InChI=1S/C20H35IO4Si/c1-15(12-13-21)14-16(2)17(25-26(8,9)20(3,4)5)10-11-18(23-6)19(22)24-7/h11-14,16-17H,10H2,1-9H3/t16-,17-/m0/s1. The average Bonchev–Trinajstić information content (AvgIpc) is 2.52. The molecule has 0 aliphatic rings. The number of ether oxygens (including phenoxy) is 2. The highest BCUT2D eigenvalue weighted by Crippen LogP contribution is 2.38. The van der Waals surface area contributed by atoms with Crippen LogP contribution in [0.1, 0.15) is 41.0 Å². The van der Waals surface area contributed by atoms with E-state index in [9.17, 15) is 4.79 Å². The molecular formula is C20H35IO4Si. The lowest BCUT2D eigenvalue weighted by molar-refractivity contribution is -0.139. The number of esters is 1. The molecule has 0 aromatic heterocycles. The number of halogens is 1. The van der Waals surface area contributed by atoms with Crippen molar-refractivity contribution in [1.29, 1.82) is 0 Å². The van der Waals surface area contributed by atoms with Crippen LogP contribution in [0.15, 0.2) is 33.6 Å². The van der Waals surface area contributed by atoms with Crippen molar-refractivity contribution in [3.05, 3.63) is 33.6 Å². The van der Waals surface area contributed by atoms with E-state index in [0.717, 1.165) is 0 Å². The number of rotatable bonds is 9. The predicted molar refractivity (Wildman–Crippen MR) is 120 cm³/mol. The largest absolute Gasteiger partial charge is 0.490 e. The highest BCUT2D eigenvalue weighted by molar-refractivity contribution is 14.1. The van der Waals surface area contributed by atoms with Gasteiger partial charge in [-0.3, -0.25) is 0 Å². The van der Waals surface area contributed by atoms with E-state index in [1.54, 1.807) is 6.08 Å². The summed E-state index contributed by atoms with van der Waals surface area (Å²) in [5, 5.41) is 0.113. The molecule has 0 unspecified atom stereocenters. The van der Waals surface area contributed by atoms with Gasteiger partial charge in [0.2, 0.25) is 0 Å². The summed E-state index contributed by atoms with van der Waals surface area (Å²) >= 11 is 2.22. The molecule has 0 fully saturated rings. The summed E-state index contributed by atoms with van der Waals surface area (Å²) in [6.45, 7) is 15.4. The van der Waals surface area contributed by atoms with Crippen LogP contribution < -0.4 is 0 Å². The first-order valence-corrected chi connectivity index (χ1v) is 13.0. The van der Waals surface area contributed by atoms with Crippen molar-refractivity contribution in [1.82, 2.24) is 0 Å². The summed E-state index contributed by atoms with van der Waals surface area (Å²) in [6, 6.07) is 0. The number of hydrogen-bond acceptors (Lipinski definition) is 4. The van der Waals surface area contributed by atoms with E-state index < -0.39 is 14.3 Å². The topological polar surface area (TPSA) is 44.8 Å². The predicted octanol–water partition coefficient (Wildman–Crippen LogP) is 6.00. The van der Waals surface area contributed by atoms with Crippen LogP contribution in [-0.2, 0) is 18.7 Å². The quantitative estimate of drug-likeness (QED) is 0.0985. The zero-order chi connectivity index (χ0) is 20.5. The van der Waals surface area contributed by atoms with Gasteiger partial charge in [0.15, 0.2) is 14.1 Å². The molecule has 26 heavy (non-hydrogen) atoms. The smallest absolute Gasteiger partial charge is 0.372 e. The van der Waals surface area contributed by atoms with Gasteiger partial charge in [-0.15, -0.1) is 0 Å². The molecule has 0 saturated carbocycles. The Bertz CT molecular complexity index is 545. The molecule has 0 heterocycles. The van der Waals surface area contributed by atoms with Crippen LogP contribution in [0.3, 0.4) is 0 Å². The third kappa shape index (κ3) is 8.39. The molecule has 0 radical (unpaired) electrons. The van der Waals surface area contributed by atoms with Gasteiger partial charge in [0.25, 0.3) is 0 Å². The first-order chi connectivity index (χ1) is 11.9. The number of methoxy groups -OCH3 is 2. The first kappa shape index (κ1) is 25.4. The molecule has 4 nitrogen and oxygen atoms in total. The molecule has 2 atom stereocenters. The van der Waals surface area contributed by atoms with Gasteiger partial charge < -0.3 is 13.9 Å². The van der Waals surface area contributed by atoms with Gasteiger partial charge in [0, 0.05) is 0 Å². The molecule has 0 rings (SSSR count). The SMILES string of the molecule is COC(=O)C(=CC[C@H](O[Si](C)(C)C(C)(C)C)[C@@H](C)C=C(C)C=CI)OC. The lowest BCUT2D eigenvalue weighted by Crippen LogP contribution is -2.45. The second-order valence-electron chi connectivity index (χ2n) is 7.98. The van der Waals surface area contributed by atoms with E-state index in [2.05, 4.69) is 82.5 Å². The fourth-order valence-corrected chi connectivity index (χ4v) is 4.16. The Labute approximate surface area is 174 Å². The molecule has 0 aliphatic carbocycles. The Morgan fingerprint density at radius 1 is 1.19 bits per heavy atom. The summed E-state index contributed by atoms with van der Waals surface area (Å²) in [4.78, 5) is 11.8. The highest BCUT2D eigenvalue weighted by Gasteiger charge is 2.39. The lowest BCUT2D eigenvalue weighted by atomic mass is 9.99. The van der Waals surface area contributed by atoms with Crippen molar-refractivity contribution < 1.29 is 18.7 Å². The van der Waals surface area contributed by atoms with Crippen LogP contribution in [0.4, 0.5) is 0 Å². The number of allylic oxidation sites excluding steroid dienone is 2. The van der Waals surface area contributed by atoms with Crippen molar-refractivity contribution in [2.24, 2.45) is 5.92 Å². The first-order valence-electron chi connectivity index (χ1n) is 8.85. The average molecular weight is 494 g/mol. The minimum Gasteiger partial charge on any atom is -0.490 e. The molecule has 150 valence electrons. The Balaban J connectivity index is 5.64. The van der Waals surface area contributed by atoms with Gasteiger partial charge in [0.05, 0.1) is 20.3 Å². The van der Waals surface area contributed by atoms with Gasteiger partial charge in [-0.25, -0.2) is 4.79 Å². The number of carbonyl (C=O) groups excluding carboxylic acids is 1. The maximum absolute atomic E-state index is 11.8. The zero-order valence-corrected chi connectivity index (χ0v) is 20.8. The molecule has 0 bridgehead atoms. The van der Waals surface area contributed by atoms with Crippen molar-refractivity contribution in [2.75, 3.05) is 14.2 Å². The fraction of sp³-hybridized carbons (Fsp3) is 0.650. The van der Waals surface area contributed by atoms with E-state index in [1.165, 1.54) is 19.8 Å². The van der Waals surface area contributed by atoms with Crippen LogP contribution in [0, 0.1) is 5.92 Å². The second kappa shape index (κ2) is 11.3. The van der Waals surface area contributed by atoms with Crippen LogP contribution >= 0.6 is 22.6 Å². The van der Waals surface area contributed by atoms with Crippen LogP contribution in [0.5, 0.6) is 0 Å². The third-order valence-corrected chi connectivity index (χ3v) is 9.70. The Hall–Kier alpha value is -0.603. The van der Waals surface area contributed by atoms with Crippen molar-refractivity contribution >= 4 is 36.9 Å². The summed E-state index contributed by atoms with van der Waals surface area (Å²) in [5.41, 5.74) is 1.19. The Morgan fingerprint density at radius 3 is 2.19 bits per heavy atom. The minimum absolute atomic E-state index is 0.0386. The third-order valence-electron chi connectivity index (χ3n) is 4.83. The summed E-state index contributed by atoms with van der Waals surface area (Å²) < 4.78 is 18.6. The van der Waals surface area contributed by atoms with Crippen LogP contribution in [0.2, 0.25) is 18.1 Å². The van der Waals surface area contributed by atoms with E-state index in [4.69, 9.17) is 13.9 Å². The van der Waals surface area contributed by atoms with E-state index >= 15 is 0 Å². The maximum atomic E-state index is 11.8. The monoisotopic (exact) mass is 494 g/mol. The second-order valence-corrected chi connectivity index (χ2v) is 13.5. The molecule has 0 spiro atoms. The van der Waals surface area contributed by atoms with Gasteiger partial charge in [0.1, 0.15) is 0 Å². The Kier molecular flexibility index (Phi) is 11.0. The Morgan fingerprint density at radius 2 is 1.77 bits per heavy atom. The molecular weight excluding hydrogens is 459 g/mol. The molecule has 0 N–H and O–H groups in total. The summed E-state index contributed by atoms with van der Waals surface area (Å²) in [5.74, 6) is -0.0501. The van der Waals surface area contributed by atoms with E-state index in [-0.39, 0.29) is 22.8 Å². The molecule has 0 amide bonds. The lowest BCUT2D eigenvalue weighted by Gasteiger charge is -2.40. The molecule has 6 heteroatoms. The maximum Gasteiger partial charge on any atom is 0.372 e. The number of hydrogen-bond donors (Lipinski definition) is 0. The van der Waals surface area contributed by atoms with Crippen molar-refractivity contribution in [3.63, 3.8) is 0 Å². The minimum atomic E-state index is -1.95. The summed E-state index contributed by atoms with van der Waals surface area (Å²) in [6.07, 6.45) is 6.61. The molecule has 0 saturated heterocycles. The summed E-state index contributed by atoms with van der Waals surface area (Å²) in [7, 11) is 0.875. The van der Waals surface area contributed by atoms with E-state index in [1.807, 2.05) is 4.08 Å². The van der Waals surface area contributed by atoms with Crippen molar-refractivity contribution in [2.45, 2.75) is 65.3 Å².